The Labute approximate surface area is 421 Å². The lowest BCUT2D eigenvalue weighted by atomic mass is 9.99. The molecule has 0 spiro atoms. The van der Waals surface area contributed by atoms with Crippen molar-refractivity contribution in [1.29, 1.82) is 0 Å². The van der Waals surface area contributed by atoms with E-state index >= 15 is 0 Å². The Bertz CT molecular complexity index is 3080. The van der Waals surface area contributed by atoms with Gasteiger partial charge in [0.2, 0.25) is 17.7 Å². The number of ether oxygens (including phenoxy) is 1. The summed E-state index contributed by atoms with van der Waals surface area (Å²) in [5.74, 6) is 1.55. The van der Waals surface area contributed by atoms with E-state index in [4.69, 9.17) is 26.4 Å². The van der Waals surface area contributed by atoms with E-state index in [-0.39, 0.29) is 48.6 Å². The molecule has 1 saturated heterocycles. The minimum atomic E-state index is -0.616. The van der Waals surface area contributed by atoms with Gasteiger partial charge in [-0.25, -0.2) is 4.98 Å². The number of amides is 3. The van der Waals surface area contributed by atoms with Gasteiger partial charge in [0.25, 0.3) is 0 Å². The molecule has 0 unspecified atom stereocenters. The summed E-state index contributed by atoms with van der Waals surface area (Å²) < 4.78 is 10.1. The molecule has 3 amide bonds. The van der Waals surface area contributed by atoms with E-state index in [1.807, 2.05) is 112 Å². The van der Waals surface area contributed by atoms with Crippen LogP contribution in [-0.4, -0.2) is 83.1 Å². The van der Waals surface area contributed by atoms with Crippen LogP contribution in [0.15, 0.2) is 95.7 Å². The van der Waals surface area contributed by atoms with Gasteiger partial charge >= 0.3 is 0 Å². The molecule has 1 fully saturated rings. The van der Waals surface area contributed by atoms with Gasteiger partial charge in [0.15, 0.2) is 5.82 Å². The van der Waals surface area contributed by atoms with Gasteiger partial charge in [0.1, 0.15) is 40.8 Å². The molecule has 17 heteroatoms. The number of aryl methyl sites for hydroxylation is 3. The van der Waals surface area contributed by atoms with E-state index in [2.05, 4.69) is 58.7 Å². The zero-order valence-corrected chi connectivity index (χ0v) is 43.0. The van der Waals surface area contributed by atoms with Crippen molar-refractivity contribution >= 4 is 57.7 Å². The van der Waals surface area contributed by atoms with E-state index in [0.29, 0.717) is 36.1 Å². The average Bonchev–Trinajstić information content (AvgIpc) is 4.19. The summed E-state index contributed by atoms with van der Waals surface area (Å²) in [6, 6.07) is 21.7. The second kappa shape index (κ2) is 20.5. The molecule has 2 aliphatic rings. The van der Waals surface area contributed by atoms with Crippen molar-refractivity contribution in [2.75, 3.05) is 13.1 Å². The number of hydrogen-bond donors (Lipinski definition) is 2. The first-order chi connectivity index (χ1) is 33.6. The molecule has 4 aromatic heterocycles. The molecule has 0 bridgehead atoms. The highest BCUT2D eigenvalue weighted by molar-refractivity contribution is 7.15. The Morgan fingerprint density at radius 1 is 0.914 bits per heavy atom. The molecular weight excluding hydrogens is 940 g/mol. The van der Waals surface area contributed by atoms with Crippen LogP contribution < -0.4 is 15.4 Å². The lowest BCUT2D eigenvalue weighted by molar-refractivity contribution is -0.142. The number of carbonyl (C=O) groups is 3. The number of aliphatic imine (C=N–C) groups is 1. The predicted molar refractivity (Wildman–Crippen MR) is 276 cm³/mol. The van der Waals surface area contributed by atoms with Gasteiger partial charge in [-0.1, -0.05) is 80.9 Å². The highest BCUT2D eigenvalue weighted by Crippen LogP contribution is 2.40. The summed E-state index contributed by atoms with van der Waals surface area (Å²) in [6.07, 6.45) is 3.91. The molecule has 70 heavy (non-hydrogen) atoms. The molecule has 9 rings (SSSR count). The van der Waals surface area contributed by atoms with Crippen LogP contribution in [0.4, 0.5) is 0 Å². The molecular formula is C53H57ClN10O4S2. The number of thiazole rings is 1. The maximum atomic E-state index is 14.5. The normalized spacial score (nSPS) is 17.4. The second-order valence-electron chi connectivity index (χ2n) is 18.8. The molecule has 2 aliphatic heterocycles. The van der Waals surface area contributed by atoms with E-state index in [9.17, 15) is 14.4 Å². The second-order valence-corrected chi connectivity index (χ2v) is 21.3. The Hall–Kier alpha value is -6.49. The molecule has 362 valence electrons. The van der Waals surface area contributed by atoms with Crippen molar-refractivity contribution in [3.05, 3.63) is 140 Å². The number of nitrogens with zero attached hydrogens (tertiary/aromatic N) is 8. The number of hydrogen-bond acceptors (Lipinski definition) is 11. The summed E-state index contributed by atoms with van der Waals surface area (Å²) in [6.45, 7) is 17.2. The summed E-state index contributed by atoms with van der Waals surface area (Å²) >= 11 is 9.56. The predicted octanol–water partition coefficient (Wildman–Crippen LogP) is 9.82. The third-order valence-electron chi connectivity index (χ3n) is 13.1. The first-order valence-corrected chi connectivity index (χ1v) is 25.7. The Kier molecular flexibility index (Phi) is 14.2. The third kappa shape index (κ3) is 10.1. The molecule has 0 radical (unpaired) electrons. The van der Waals surface area contributed by atoms with Crippen LogP contribution in [0.2, 0.25) is 5.02 Å². The number of aromatic nitrogens is 6. The SMILES string of the molecule is Cc1ncsc1-c1ccc(CNC(=O)[C@@H]2C[C@@H](C)CN2C(=O)[C@H](C(C)C)n2cc(-c3cccc(O[C@H](C)CNC(=O)C[C@@H]4N=C(c5ccc(Cl)cc5)c5c(sc(C)c5C)-n5c(C)nnc54)c3)cn2)cc1. The maximum absolute atomic E-state index is 14.5. The molecule has 14 nitrogen and oxygen atoms in total. The number of benzene rings is 3. The Balaban J connectivity index is 0.831. The lowest BCUT2D eigenvalue weighted by Crippen LogP contribution is -2.48. The van der Waals surface area contributed by atoms with Gasteiger partial charge < -0.3 is 20.3 Å². The summed E-state index contributed by atoms with van der Waals surface area (Å²) in [5.41, 5.74) is 10.4. The quantitative estimate of drug-likeness (QED) is 0.103. The zero-order valence-electron chi connectivity index (χ0n) is 40.6. The Morgan fingerprint density at radius 3 is 2.40 bits per heavy atom. The summed E-state index contributed by atoms with van der Waals surface area (Å²) in [4.78, 5) is 55.6. The number of fused-ring (bicyclic) bond motifs is 3. The number of nitrogens with one attached hydrogen (secondary N) is 2. The van der Waals surface area contributed by atoms with Gasteiger partial charge in [0, 0.05) is 45.9 Å². The Morgan fingerprint density at radius 2 is 1.67 bits per heavy atom. The maximum Gasteiger partial charge on any atom is 0.248 e. The summed E-state index contributed by atoms with van der Waals surface area (Å²) in [5, 5.41) is 21.4. The van der Waals surface area contributed by atoms with Crippen molar-refractivity contribution in [2.24, 2.45) is 16.8 Å². The fourth-order valence-electron chi connectivity index (χ4n) is 9.37. The highest BCUT2D eigenvalue weighted by Gasteiger charge is 2.42. The van der Waals surface area contributed by atoms with Gasteiger partial charge in [-0.15, -0.1) is 32.9 Å². The third-order valence-corrected chi connectivity index (χ3v) is 15.5. The van der Waals surface area contributed by atoms with Crippen molar-refractivity contribution in [2.45, 2.75) is 99.0 Å². The first kappa shape index (κ1) is 48.5. The molecule has 6 heterocycles. The number of carbonyl (C=O) groups excluding carboxylic acids is 3. The van der Waals surface area contributed by atoms with Gasteiger partial charge in [0.05, 0.1) is 41.0 Å². The molecule has 7 aromatic rings. The summed E-state index contributed by atoms with van der Waals surface area (Å²) in [7, 11) is 0. The topological polar surface area (TPSA) is 162 Å². The average molecular weight is 998 g/mol. The minimum absolute atomic E-state index is 0.0585. The highest BCUT2D eigenvalue weighted by atomic mass is 35.5. The molecule has 5 atom stereocenters. The zero-order chi connectivity index (χ0) is 49.4. The molecule has 0 aliphatic carbocycles. The number of likely N-dealkylation sites (tertiary alicyclic amines) is 1. The van der Waals surface area contributed by atoms with E-state index in [0.717, 1.165) is 66.1 Å². The largest absolute Gasteiger partial charge is 0.489 e. The molecule has 2 N–H and O–H groups in total. The van der Waals surface area contributed by atoms with Crippen LogP contribution in [0.5, 0.6) is 5.75 Å². The van der Waals surface area contributed by atoms with Crippen LogP contribution in [0.25, 0.3) is 26.6 Å². The fourth-order valence-corrected chi connectivity index (χ4v) is 11.5. The molecule has 3 aromatic carbocycles. The van der Waals surface area contributed by atoms with Crippen LogP contribution in [0.3, 0.4) is 0 Å². The van der Waals surface area contributed by atoms with E-state index < -0.39 is 18.1 Å². The number of rotatable bonds is 15. The van der Waals surface area contributed by atoms with E-state index in [1.165, 1.54) is 4.88 Å². The first-order valence-electron chi connectivity index (χ1n) is 23.6. The van der Waals surface area contributed by atoms with Crippen molar-refractivity contribution < 1.29 is 19.1 Å². The fraction of sp³-hybridized carbons (Fsp3) is 0.358. The smallest absolute Gasteiger partial charge is 0.248 e. The van der Waals surface area contributed by atoms with Crippen molar-refractivity contribution in [3.8, 4) is 32.3 Å². The van der Waals surface area contributed by atoms with Gasteiger partial charge in [-0.05, 0) is 99.4 Å². The van der Waals surface area contributed by atoms with Gasteiger partial charge in [-0.2, -0.15) is 5.10 Å². The van der Waals surface area contributed by atoms with Crippen LogP contribution in [-0.2, 0) is 20.9 Å². The van der Waals surface area contributed by atoms with E-state index in [1.54, 1.807) is 38.5 Å². The van der Waals surface area contributed by atoms with Gasteiger partial charge in [-0.3, -0.25) is 28.6 Å². The monoisotopic (exact) mass is 996 g/mol. The standard InChI is InChI=1S/C53H57ClN10O4S2/c1-29(2)48(52(67)62-26-30(3)20-44(62)51(66)56-24-36-12-14-38(15-13-36)49-33(6)57-28-69-49)63-27-40(25-58-63)39-10-9-11-42(21-39)68-31(4)23-55-45(65)22-43-50-61-60-35(8)64(50)53-46(32(5)34(7)70-53)47(59-43)37-16-18-41(54)19-17-37/h9-19,21,25,27-31,43-44,48H,20,22-24,26H2,1-8H3,(H,55,65)(H,56,66)/t30-,31-,43+,44+,48+/m1/s1. The van der Waals surface area contributed by atoms with Crippen molar-refractivity contribution in [1.82, 2.24) is 45.1 Å². The van der Waals surface area contributed by atoms with Crippen LogP contribution >= 0.6 is 34.3 Å². The molecule has 0 saturated carbocycles. The van der Waals surface area contributed by atoms with Crippen LogP contribution in [0.1, 0.15) is 97.1 Å². The number of halogens is 1. The van der Waals surface area contributed by atoms with Crippen LogP contribution in [0, 0.1) is 39.5 Å². The van der Waals surface area contributed by atoms with Crippen molar-refractivity contribution in [3.63, 3.8) is 0 Å². The lowest BCUT2D eigenvalue weighted by Gasteiger charge is -2.30. The minimum Gasteiger partial charge on any atom is -0.489 e. The number of thiophene rings is 1.